The molecule has 0 spiro atoms. The van der Waals surface area contributed by atoms with Crippen LogP contribution in [0.25, 0.3) is 0 Å². The molecule has 0 aliphatic heterocycles. The smallest absolute Gasteiger partial charge is 0.0803 e. The van der Waals surface area contributed by atoms with Crippen LogP contribution in [0, 0.1) is 0 Å². The Balaban J connectivity index is 2.75. The van der Waals surface area contributed by atoms with Gasteiger partial charge in [-0.2, -0.15) is 0 Å². The van der Waals surface area contributed by atoms with Crippen molar-refractivity contribution in [2.75, 3.05) is 0 Å². The number of aliphatic hydroxyl groups excluding tert-OH is 1. The van der Waals surface area contributed by atoms with E-state index in [1.54, 1.807) is 19.1 Å². The van der Waals surface area contributed by atoms with Crippen LogP contribution in [0.3, 0.4) is 0 Å². The van der Waals surface area contributed by atoms with Crippen molar-refractivity contribution in [3.63, 3.8) is 0 Å². The number of rotatable bonds is 0. The highest BCUT2D eigenvalue weighted by Crippen LogP contribution is 2.19. The lowest BCUT2D eigenvalue weighted by atomic mass is 9.96. The summed E-state index contributed by atoms with van der Waals surface area (Å²) in [7, 11) is 0. The van der Waals surface area contributed by atoms with Crippen molar-refractivity contribution < 1.29 is 10.2 Å². The Morgan fingerprint density at radius 2 is 1.74 bits per heavy atom. The molecule has 0 saturated carbocycles. The Morgan fingerprint density at radius 3 is 2.47 bits per heavy atom. The van der Waals surface area contributed by atoms with E-state index in [4.69, 9.17) is 0 Å². The van der Waals surface area contributed by atoms with Gasteiger partial charge in [0.2, 0.25) is 0 Å². The Kier molecular flexibility index (Phi) is 6.53. The molecule has 108 valence electrons. The fraction of sp³-hybridized carbons (Fsp3) is 0.647. The maximum atomic E-state index is 10.2. The van der Waals surface area contributed by atoms with Gasteiger partial charge in [0.25, 0.3) is 0 Å². The molecule has 2 atom stereocenters. The van der Waals surface area contributed by atoms with Gasteiger partial charge in [0.05, 0.1) is 11.7 Å². The molecule has 0 fully saturated rings. The lowest BCUT2D eigenvalue weighted by Crippen LogP contribution is -2.21. The summed E-state index contributed by atoms with van der Waals surface area (Å²) < 4.78 is 0. The molecule has 2 heteroatoms. The first-order valence-corrected chi connectivity index (χ1v) is 7.30. The maximum absolute atomic E-state index is 10.2. The standard InChI is InChI=1S/C17H28O2/c1-14-6-4-7-15(2)9-10-16(18)11-13-17(3,19)12-5-8-14/h7-8,11,13,16,18-19H,4-6,9-10,12H2,1-3H3/b13-11+,14-8+,15-7+/t16-,17+/m0/s1. The van der Waals surface area contributed by atoms with Crippen molar-refractivity contribution in [3.8, 4) is 0 Å². The van der Waals surface area contributed by atoms with Crippen LogP contribution in [0.2, 0.25) is 0 Å². The van der Waals surface area contributed by atoms with Crippen LogP contribution in [-0.4, -0.2) is 21.9 Å². The molecule has 0 saturated heterocycles. The van der Waals surface area contributed by atoms with E-state index in [1.807, 2.05) is 0 Å². The fourth-order valence-corrected chi connectivity index (χ4v) is 2.23. The van der Waals surface area contributed by atoms with Crippen molar-refractivity contribution in [2.24, 2.45) is 0 Å². The second-order valence-electron chi connectivity index (χ2n) is 6.00. The molecule has 0 heterocycles. The Bertz CT molecular complexity index is 361. The molecular weight excluding hydrogens is 236 g/mol. The topological polar surface area (TPSA) is 40.5 Å². The molecule has 1 rings (SSSR count). The first-order valence-electron chi connectivity index (χ1n) is 7.30. The molecule has 0 radical (unpaired) electrons. The van der Waals surface area contributed by atoms with Crippen molar-refractivity contribution >= 4 is 0 Å². The predicted molar refractivity (Wildman–Crippen MR) is 81.0 cm³/mol. The van der Waals surface area contributed by atoms with E-state index in [1.165, 1.54) is 11.1 Å². The van der Waals surface area contributed by atoms with Gasteiger partial charge in [-0.15, -0.1) is 0 Å². The summed E-state index contributed by atoms with van der Waals surface area (Å²) in [6.45, 7) is 6.08. The second kappa shape index (κ2) is 7.66. The monoisotopic (exact) mass is 264 g/mol. The third kappa shape index (κ3) is 7.34. The summed E-state index contributed by atoms with van der Waals surface area (Å²) in [6.07, 6.45) is 12.9. The second-order valence-corrected chi connectivity index (χ2v) is 6.00. The molecule has 0 bridgehead atoms. The van der Waals surface area contributed by atoms with Crippen molar-refractivity contribution in [1.29, 1.82) is 0 Å². The summed E-state index contributed by atoms with van der Waals surface area (Å²) in [4.78, 5) is 0. The molecule has 0 aromatic carbocycles. The van der Waals surface area contributed by atoms with E-state index in [9.17, 15) is 10.2 Å². The number of hydrogen-bond donors (Lipinski definition) is 2. The third-order valence-corrected chi connectivity index (χ3v) is 3.69. The molecule has 2 N–H and O–H groups in total. The van der Waals surface area contributed by atoms with Crippen LogP contribution >= 0.6 is 0 Å². The van der Waals surface area contributed by atoms with Crippen LogP contribution in [0.15, 0.2) is 35.5 Å². The molecular formula is C17H28O2. The Morgan fingerprint density at radius 1 is 1.11 bits per heavy atom. The van der Waals surface area contributed by atoms with Gasteiger partial charge in [0, 0.05) is 0 Å². The first kappa shape index (κ1) is 16.2. The summed E-state index contributed by atoms with van der Waals surface area (Å²) in [5.41, 5.74) is 1.90. The largest absolute Gasteiger partial charge is 0.389 e. The van der Waals surface area contributed by atoms with Crippen molar-refractivity contribution in [1.82, 2.24) is 0 Å². The highest BCUT2D eigenvalue weighted by Gasteiger charge is 2.15. The summed E-state index contributed by atoms with van der Waals surface area (Å²) in [5.74, 6) is 0. The molecule has 2 nitrogen and oxygen atoms in total. The van der Waals surface area contributed by atoms with E-state index < -0.39 is 11.7 Å². The van der Waals surface area contributed by atoms with E-state index in [-0.39, 0.29) is 0 Å². The number of hydrogen-bond acceptors (Lipinski definition) is 2. The van der Waals surface area contributed by atoms with Crippen LogP contribution in [-0.2, 0) is 0 Å². The summed E-state index contributed by atoms with van der Waals surface area (Å²) in [6, 6.07) is 0. The SMILES string of the molecule is C/C1=C\CC[C@@](C)(O)/C=C/[C@@H](O)CC/C(C)=C/CC1. The quantitative estimate of drug-likeness (QED) is 0.651. The lowest BCUT2D eigenvalue weighted by molar-refractivity contribution is 0.100. The fourth-order valence-electron chi connectivity index (χ4n) is 2.23. The highest BCUT2D eigenvalue weighted by molar-refractivity contribution is 5.08. The van der Waals surface area contributed by atoms with Gasteiger partial charge >= 0.3 is 0 Å². The van der Waals surface area contributed by atoms with Gasteiger partial charge in [-0.1, -0.05) is 35.5 Å². The van der Waals surface area contributed by atoms with Crippen LogP contribution in [0.5, 0.6) is 0 Å². The van der Waals surface area contributed by atoms with E-state index in [0.717, 1.165) is 32.1 Å². The van der Waals surface area contributed by atoms with Gasteiger partial charge in [0.1, 0.15) is 0 Å². The maximum Gasteiger partial charge on any atom is 0.0803 e. The van der Waals surface area contributed by atoms with Gasteiger partial charge in [-0.3, -0.25) is 0 Å². The van der Waals surface area contributed by atoms with E-state index in [0.29, 0.717) is 6.42 Å². The minimum absolute atomic E-state index is 0.463. The zero-order chi connectivity index (χ0) is 14.3. The van der Waals surface area contributed by atoms with Gasteiger partial charge in [0.15, 0.2) is 0 Å². The Labute approximate surface area is 117 Å². The van der Waals surface area contributed by atoms with E-state index in [2.05, 4.69) is 26.0 Å². The zero-order valence-electron chi connectivity index (χ0n) is 12.5. The molecule has 0 amide bonds. The van der Waals surface area contributed by atoms with E-state index >= 15 is 0 Å². The molecule has 0 unspecified atom stereocenters. The average molecular weight is 264 g/mol. The highest BCUT2D eigenvalue weighted by atomic mass is 16.3. The third-order valence-electron chi connectivity index (χ3n) is 3.69. The first-order chi connectivity index (χ1) is 8.89. The molecule has 19 heavy (non-hydrogen) atoms. The molecule has 1 aliphatic rings. The predicted octanol–water partition coefficient (Wildman–Crippen LogP) is 3.90. The molecule has 0 aromatic heterocycles. The molecule has 0 aromatic rings. The van der Waals surface area contributed by atoms with Gasteiger partial charge in [-0.05, 0) is 59.3 Å². The van der Waals surface area contributed by atoms with Crippen LogP contribution in [0.4, 0.5) is 0 Å². The zero-order valence-corrected chi connectivity index (χ0v) is 12.5. The summed E-state index contributed by atoms with van der Waals surface area (Å²) in [5, 5.41) is 20.1. The molecule has 1 aliphatic carbocycles. The summed E-state index contributed by atoms with van der Waals surface area (Å²) >= 11 is 0. The van der Waals surface area contributed by atoms with Crippen LogP contribution in [0.1, 0.15) is 59.3 Å². The number of aliphatic hydroxyl groups is 2. The number of allylic oxidation sites excluding steroid dienone is 4. The minimum Gasteiger partial charge on any atom is -0.389 e. The normalized spacial score (nSPS) is 38.5. The Hall–Kier alpha value is -0.860. The van der Waals surface area contributed by atoms with Gasteiger partial charge in [-0.25, -0.2) is 0 Å². The van der Waals surface area contributed by atoms with Gasteiger partial charge < -0.3 is 10.2 Å². The van der Waals surface area contributed by atoms with Crippen molar-refractivity contribution in [3.05, 3.63) is 35.5 Å². The minimum atomic E-state index is -0.827. The van der Waals surface area contributed by atoms with Crippen molar-refractivity contribution in [2.45, 2.75) is 71.0 Å². The lowest BCUT2D eigenvalue weighted by Gasteiger charge is -2.19. The van der Waals surface area contributed by atoms with Crippen LogP contribution < -0.4 is 0 Å². The average Bonchev–Trinajstić information content (AvgIpc) is 2.33.